The highest BCUT2D eigenvalue weighted by molar-refractivity contribution is 5.90. The van der Waals surface area contributed by atoms with Crippen molar-refractivity contribution in [2.45, 2.75) is 26.3 Å². The molecule has 0 aliphatic heterocycles. The average Bonchev–Trinajstić information content (AvgIpc) is 2.46. The molecule has 0 aliphatic rings. The van der Waals surface area contributed by atoms with Crippen LogP contribution in [-0.4, -0.2) is 32.3 Å². The van der Waals surface area contributed by atoms with Crippen molar-refractivity contribution in [1.82, 2.24) is 0 Å². The molecule has 0 atom stereocenters. The molecule has 1 aromatic rings. The van der Waals surface area contributed by atoms with E-state index in [2.05, 4.69) is 5.32 Å². The number of nitrogens with one attached hydrogen (secondary N) is 1. The van der Waals surface area contributed by atoms with E-state index in [1.807, 2.05) is 31.2 Å². The molecule has 0 fully saturated rings. The van der Waals surface area contributed by atoms with Gasteiger partial charge in [-0.3, -0.25) is 4.79 Å². The van der Waals surface area contributed by atoms with Crippen LogP contribution in [0, 0.1) is 0 Å². The van der Waals surface area contributed by atoms with Crippen LogP contribution in [0.1, 0.15) is 25.3 Å². The van der Waals surface area contributed by atoms with Crippen LogP contribution in [0.2, 0.25) is 0 Å². The van der Waals surface area contributed by atoms with Crippen molar-refractivity contribution in [3.05, 3.63) is 29.8 Å². The Labute approximate surface area is 120 Å². The minimum atomic E-state index is -0.00687. The summed E-state index contributed by atoms with van der Waals surface area (Å²) in [7, 11) is 0. The number of carbonyl (C=O) groups excluding carboxylic acids is 1. The lowest BCUT2D eigenvalue weighted by atomic mass is 10.2. The summed E-state index contributed by atoms with van der Waals surface area (Å²) < 4.78 is 10.5. The van der Waals surface area contributed by atoms with Crippen LogP contribution < -0.4 is 11.1 Å². The number of hydrogen-bond acceptors (Lipinski definition) is 4. The summed E-state index contributed by atoms with van der Waals surface area (Å²) in [6.07, 6.45) is 1.15. The van der Waals surface area contributed by atoms with Gasteiger partial charge in [0, 0.05) is 31.9 Å². The standard InChI is InChI=1S/C15H24N2O3/c1-2-19-9-10-20-8-4-7-15(18)17-14-6-3-5-13(11-14)12-16/h3,5-6,11H,2,4,7-10,12,16H2,1H3,(H,17,18). The number of rotatable bonds is 10. The van der Waals surface area contributed by atoms with Crippen LogP contribution in [0.3, 0.4) is 0 Å². The molecule has 112 valence electrons. The van der Waals surface area contributed by atoms with Crippen molar-refractivity contribution < 1.29 is 14.3 Å². The molecule has 3 N–H and O–H groups in total. The molecule has 5 heteroatoms. The summed E-state index contributed by atoms with van der Waals surface area (Å²) in [6.45, 7) is 4.88. The molecular formula is C15H24N2O3. The van der Waals surface area contributed by atoms with E-state index in [-0.39, 0.29) is 5.91 Å². The molecule has 0 saturated heterocycles. The molecule has 0 unspecified atom stereocenters. The molecule has 0 bridgehead atoms. The maximum Gasteiger partial charge on any atom is 0.224 e. The number of ether oxygens (including phenoxy) is 2. The number of nitrogens with two attached hydrogens (primary N) is 1. The Kier molecular flexibility index (Phi) is 8.62. The Balaban J connectivity index is 2.13. The van der Waals surface area contributed by atoms with Gasteiger partial charge in [-0.25, -0.2) is 0 Å². The predicted molar refractivity (Wildman–Crippen MR) is 79.5 cm³/mol. The predicted octanol–water partition coefficient (Wildman–Crippen LogP) is 1.92. The average molecular weight is 280 g/mol. The molecule has 5 nitrogen and oxygen atoms in total. The van der Waals surface area contributed by atoms with Crippen LogP contribution in [-0.2, 0) is 20.8 Å². The van der Waals surface area contributed by atoms with Crippen molar-refractivity contribution in [3.63, 3.8) is 0 Å². The molecule has 0 saturated carbocycles. The number of hydrogen-bond donors (Lipinski definition) is 2. The van der Waals surface area contributed by atoms with E-state index in [1.54, 1.807) is 0 Å². The van der Waals surface area contributed by atoms with Crippen LogP contribution >= 0.6 is 0 Å². The number of anilines is 1. The molecule has 1 rings (SSSR count). The van der Waals surface area contributed by atoms with Gasteiger partial charge in [0.05, 0.1) is 13.2 Å². The lowest BCUT2D eigenvalue weighted by Crippen LogP contribution is -2.13. The third-order valence-electron chi connectivity index (χ3n) is 2.72. The minimum Gasteiger partial charge on any atom is -0.379 e. The Hall–Kier alpha value is -1.43. The second-order valence-corrected chi connectivity index (χ2v) is 4.37. The fourth-order valence-electron chi connectivity index (χ4n) is 1.70. The van der Waals surface area contributed by atoms with Gasteiger partial charge in [0.25, 0.3) is 0 Å². The highest BCUT2D eigenvalue weighted by Crippen LogP contribution is 2.10. The number of amides is 1. The Morgan fingerprint density at radius 1 is 1.25 bits per heavy atom. The lowest BCUT2D eigenvalue weighted by Gasteiger charge is -2.07. The molecule has 1 amide bonds. The van der Waals surface area contributed by atoms with Crippen molar-refractivity contribution >= 4 is 11.6 Å². The van der Waals surface area contributed by atoms with Gasteiger partial charge in [0.2, 0.25) is 5.91 Å². The monoisotopic (exact) mass is 280 g/mol. The summed E-state index contributed by atoms with van der Waals surface area (Å²) in [5.74, 6) is -0.00687. The largest absolute Gasteiger partial charge is 0.379 e. The molecule has 0 spiro atoms. The van der Waals surface area contributed by atoms with Gasteiger partial charge in [-0.15, -0.1) is 0 Å². The molecular weight excluding hydrogens is 256 g/mol. The zero-order valence-electron chi connectivity index (χ0n) is 12.1. The third kappa shape index (κ3) is 7.23. The van der Waals surface area contributed by atoms with Crippen molar-refractivity contribution in [1.29, 1.82) is 0 Å². The third-order valence-corrected chi connectivity index (χ3v) is 2.72. The van der Waals surface area contributed by atoms with Gasteiger partial charge in [-0.1, -0.05) is 12.1 Å². The highest BCUT2D eigenvalue weighted by atomic mass is 16.5. The van der Waals surface area contributed by atoms with E-state index in [9.17, 15) is 4.79 Å². The fraction of sp³-hybridized carbons (Fsp3) is 0.533. The Bertz CT molecular complexity index is 396. The van der Waals surface area contributed by atoms with Crippen LogP contribution in [0.15, 0.2) is 24.3 Å². The molecule has 0 heterocycles. The van der Waals surface area contributed by atoms with Gasteiger partial charge < -0.3 is 20.5 Å². The zero-order chi connectivity index (χ0) is 14.6. The van der Waals surface area contributed by atoms with E-state index in [0.717, 1.165) is 11.3 Å². The van der Waals surface area contributed by atoms with Gasteiger partial charge >= 0.3 is 0 Å². The molecule has 0 aromatic heterocycles. The first-order valence-corrected chi connectivity index (χ1v) is 7.00. The van der Waals surface area contributed by atoms with Gasteiger partial charge in [0.15, 0.2) is 0 Å². The van der Waals surface area contributed by atoms with E-state index >= 15 is 0 Å². The first-order valence-electron chi connectivity index (χ1n) is 7.00. The summed E-state index contributed by atoms with van der Waals surface area (Å²) >= 11 is 0. The van der Waals surface area contributed by atoms with E-state index < -0.39 is 0 Å². The SMILES string of the molecule is CCOCCOCCCC(=O)Nc1cccc(CN)c1. The summed E-state index contributed by atoms with van der Waals surface area (Å²) in [5, 5.41) is 2.85. The second-order valence-electron chi connectivity index (χ2n) is 4.37. The number of benzene rings is 1. The van der Waals surface area contributed by atoms with Gasteiger partial charge in [-0.05, 0) is 31.0 Å². The highest BCUT2D eigenvalue weighted by Gasteiger charge is 2.02. The van der Waals surface area contributed by atoms with Gasteiger partial charge in [-0.2, -0.15) is 0 Å². The fourth-order valence-corrected chi connectivity index (χ4v) is 1.70. The summed E-state index contributed by atoms with van der Waals surface area (Å²) in [5.41, 5.74) is 7.35. The van der Waals surface area contributed by atoms with E-state index in [4.69, 9.17) is 15.2 Å². The normalized spacial score (nSPS) is 10.5. The van der Waals surface area contributed by atoms with Crippen LogP contribution in [0.4, 0.5) is 5.69 Å². The molecule has 1 aromatic carbocycles. The molecule has 20 heavy (non-hydrogen) atoms. The maximum absolute atomic E-state index is 11.7. The van der Waals surface area contributed by atoms with E-state index in [0.29, 0.717) is 45.8 Å². The first-order chi connectivity index (χ1) is 9.76. The second kappa shape index (κ2) is 10.4. The minimum absolute atomic E-state index is 0.00687. The van der Waals surface area contributed by atoms with Crippen molar-refractivity contribution in [2.24, 2.45) is 5.73 Å². The van der Waals surface area contributed by atoms with Gasteiger partial charge in [0.1, 0.15) is 0 Å². The molecule has 0 aliphatic carbocycles. The van der Waals surface area contributed by atoms with Crippen molar-refractivity contribution in [3.8, 4) is 0 Å². The smallest absolute Gasteiger partial charge is 0.224 e. The zero-order valence-corrected chi connectivity index (χ0v) is 12.1. The summed E-state index contributed by atoms with van der Waals surface area (Å²) in [4.78, 5) is 11.7. The summed E-state index contributed by atoms with van der Waals surface area (Å²) in [6, 6.07) is 7.56. The number of carbonyl (C=O) groups is 1. The first kappa shape index (κ1) is 16.6. The Morgan fingerprint density at radius 2 is 2.05 bits per heavy atom. The van der Waals surface area contributed by atoms with Crippen LogP contribution in [0.25, 0.3) is 0 Å². The maximum atomic E-state index is 11.7. The quantitative estimate of drug-likeness (QED) is 0.642. The Morgan fingerprint density at radius 3 is 2.80 bits per heavy atom. The van der Waals surface area contributed by atoms with E-state index in [1.165, 1.54) is 0 Å². The topological polar surface area (TPSA) is 73.6 Å². The molecule has 0 radical (unpaired) electrons. The van der Waals surface area contributed by atoms with Crippen LogP contribution in [0.5, 0.6) is 0 Å². The van der Waals surface area contributed by atoms with Crippen molar-refractivity contribution in [2.75, 3.05) is 31.7 Å². The lowest BCUT2D eigenvalue weighted by molar-refractivity contribution is -0.116.